The molecule has 0 fully saturated rings. The Kier molecular flexibility index (Phi) is 4.90. The summed E-state index contributed by atoms with van der Waals surface area (Å²) in [5, 5.41) is 6.70. The molecule has 1 N–H and O–H groups in total. The highest BCUT2D eigenvalue weighted by Gasteiger charge is 2.13. The number of rotatable bonds is 4. The molecule has 1 heterocycles. The van der Waals surface area contributed by atoms with E-state index in [9.17, 15) is 14.0 Å². The van der Waals surface area contributed by atoms with Gasteiger partial charge >= 0.3 is 0 Å². The second-order valence-corrected chi connectivity index (χ2v) is 5.71. The fraction of sp³-hybridized carbons (Fsp3) is 0.0556. The zero-order valence-corrected chi connectivity index (χ0v) is 13.7. The number of aromatic nitrogens is 2. The minimum Gasteiger partial charge on any atom is -0.318 e. The van der Waals surface area contributed by atoms with Gasteiger partial charge in [-0.2, -0.15) is 5.10 Å². The van der Waals surface area contributed by atoms with Gasteiger partial charge in [-0.15, -0.1) is 0 Å². The number of hydrogen-bond donors (Lipinski definition) is 1. The first kappa shape index (κ1) is 16.9. The number of halogens is 2. The summed E-state index contributed by atoms with van der Waals surface area (Å²) in [5.41, 5.74) is 0.526. The molecule has 0 unspecified atom stereocenters. The van der Waals surface area contributed by atoms with E-state index >= 15 is 0 Å². The second kappa shape index (κ2) is 7.27. The summed E-state index contributed by atoms with van der Waals surface area (Å²) >= 11 is 5.68. The Balaban J connectivity index is 1.83. The van der Waals surface area contributed by atoms with Crippen LogP contribution in [0.4, 0.5) is 10.1 Å². The summed E-state index contributed by atoms with van der Waals surface area (Å²) in [5.74, 6) is -1.28. The Morgan fingerprint density at radius 2 is 1.88 bits per heavy atom. The zero-order chi connectivity index (χ0) is 17.8. The Bertz CT molecular complexity index is 974. The molecule has 3 aromatic rings. The van der Waals surface area contributed by atoms with Gasteiger partial charge in [0.05, 0.1) is 12.2 Å². The number of carbonyl (C=O) groups excluding carboxylic acids is 1. The number of anilines is 1. The minimum absolute atomic E-state index is 0.00452. The average molecular weight is 358 g/mol. The number of amides is 1. The average Bonchev–Trinajstić information content (AvgIpc) is 2.60. The molecule has 0 radical (unpaired) electrons. The Morgan fingerprint density at radius 1 is 1.12 bits per heavy atom. The van der Waals surface area contributed by atoms with Crippen LogP contribution in [0.5, 0.6) is 0 Å². The van der Waals surface area contributed by atoms with Gasteiger partial charge < -0.3 is 5.32 Å². The van der Waals surface area contributed by atoms with E-state index < -0.39 is 11.7 Å². The summed E-state index contributed by atoms with van der Waals surface area (Å²) in [6, 6.07) is 15.7. The summed E-state index contributed by atoms with van der Waals surface area (Å²) in [7, 11) is 0. The van der Waals surface area contributed by atoms with Crippen LogP contribution in [0.2, 0.25) is 5.02 Å². The van der Waals surface area contributed by atoms with Crippen LogP contribution in [-0.4, -0.2) is 15.7 Å². The van der Waals surface area contributed by atoms with E-state index in [2.05, 4.69) is 10.4 Å². The van der Waals surface area contributed by atoms with Crippen LogP contribution in [0.3, 0.4) is 0 Å². The molecule has 3 rings (SSSR count). The first-order chi connectivity index (χ1) is 12.0. The van der Waals surface area contributed by atoms with Crippen molar-refractivity contribution in [1.82, 2.24) is 9.78 Å². The van der Waals surface area contributed by atoms with Crippen LogP contribution >= 0.6 is 11.6 Å². The molecule has 1 aromatic heterocycles. The Morgan fingerprint density at radius 3 is 2.60 bits per heavy atom. The van der Waals surface area contributed by atoms with Crippen molar-refractivity contribution in [1.29, 1.82) is 0 Å². The fourth-order valence-electron chi connectivity index (χ4n) is 2.22. The van der Waals surface area contributed by atoms with E-state index in [1.54, 1.807) is 0 Å². The topological polar surface area (TPSA) is 64.0 Å². The molecule has 0 aliphatic heterocycles. The van der Waals surface area contributed by atoms with E-state index in [1.165, 1.54) is 28.9 Å². The van der Waals surface area contributed by atoms with Crippen molar-refractivity contribution in [2.75, 3.05) is 5.32 Å². The standard InChI is InChI=1S/C18H13ClFN3O2/c19-13-6-7-15(14(20)10-13)21-18(25)16-8-9-17(24)23(22-16)11-12-4-2-1-3-5-12/h1-10H,11H2,(H,21,25). The number of nitrogens with one attached hydrogen (secondary N) is 1. The predicted molar refractivity (Wildman–Crippen MR) is 93.4 cm³/mol. The van der Waals surface area contributed by atoms with Crippen LogP contribution in [0.25, 0.3) is 0 Å². The molecular formula is C18H13ClFN3O2. The second-order valence-electron chi connectivity index (χ2n) is 5.28. The lowest BCUT2D eigenvalue weighted by molar-refractivity contribution is 0.101. The van der Waals surface area contributed by atoms with Gasteiger partial charge in [0.1, 0.15) is 11.5 Å². The lowest BCUT2D eigenvalue weighted by Gasteiger charge is -2.09. The molecule has 126 valence electrons. The van der Waals surface area contributed by atoms with Gasteiger partial charge in [-0.25, -0.2) is 9.07 Å². The third-order valence-electron chi connectivity index (χ3n) is 3.45. The van der Waals surface area contributed by atoms with Crippen molar-refractivity contribution in [2.24, 2.45) is 0 Å². The molecule has 1 amide bonds. The maximum Gasteiger partial charge on any atom is 0.276 e. The van der Waals surface area contributed by atoms with Gasteiger partial charge in [0, 0.05) is 11.1 Å². The van der Waals surface area contributed by atoms with Gasteiger partial charge in [-0.3, -0.25) is 9.59 Å². The highest BCUT2D eigenvalue weighted by Crippen LogP contribution is 2.19. The molecule has 5 nitrogen and oxygen atoms in total. The van der Waals surface area contributed by atoms with Gasteiger partial charge in [0.2, 0.25) is 0 Å². The largest absolute Gasteiger partial charge is 0.318 e. The quantitative estimate of drug-likeness (QED) is 0.779. The summed E-state index contributed by atoms with van der Waals surface area (Å²) in [6.07, 6.45) is 0. The Labute approximate surface area is 147 Å². The normalized spacial score (nSPS) is 10.5. The van der Waals surface area contributed by atoms with Crippen LogP contribution < -0.4 is 10.9 Å². The van der Waals surface area contributed by atoms with Crippen molar-refractivity contribution in [3.05, 3.63) is 93.1 Å². The molecule has 0 aliphatic carbocycles. The van der Waals surface area contributed by atoms with E-state index in [4.69, 9.17) is 11.6 Å². The molecule has 0 bridgehead atoms. The van der Waals surface area contributed by atoms with Crippen molar-refractivity contribution in [3.8, 4) is 0 Å². The highest BCUT2D eigenvalue weighted by atomic mass is 35.5. The molecule has 0 atom stereocenters. The summed E-state index contributed by atoms with van der Waals surface area (Å²) < 4.78 is 15.0. The van der Waals surface area contributed by atoms with E-state index in [-0.39, 0.29) is 28.5 Å². The van der Waals surface area contributed by atoms with Crippen LogP contribution in [0, 0.1) is 5.82 Å². The van der Waals surface area contributed by atoms with Crippen LogP contribution in [-0.2, 0) is 6.54 Å². The number of benzene rings is 2. The molecule has 2 aromatic carbocycles. The van der Waals surface area contributed by atoms with E-state index in [0.29, 0.717) is 0 Å². The number of nitrogens with zero attached hydrogens (tertiary/aromatic N) is 2. The maximum absolute atomic E-state index is 13.8. The molecule has 0 aliphatic rings. The van der Waals surface area contributed by atoms with Gasteiger partial charge in [-0.1, -0.05) is 41.9 Å². The lowest BCUT2D eigenvalue weighted by Crippen LogP contribution is -2.26. The highest BCUT2D eigenvalue weighted by molar-refractivity contribution is 6.30. The first-order valence-corrected chi connectivity index (χ1v) is 7.79. The minimum atomic E-state index is -0.654. The van der Waals surface area contributed by atoms with Gasteiger partial charge in [0.15, 0.2) is 0 Å². The monoisotopic (exact) mass is 357 g/mol. The number of hydrogen-bond acceptors (Lipinski definition) is 3. The molecular weight excluding hydrogens is 345 g/mol. The van der Waals surface area contributed by atoms with Crippen LogP contribution in [0.1, 0.15) is 16.1 Å². The van der Waals surface area contributed by atoms with Crippen molar-refractivity contribution in [3.63, 3.8) is 0 Å². The third-order valence-corrected chi connectivity index (χ3v) is 3.69. The first-order valence-electron chi connectivity index (χ1n) is 7.41. The van der Waals surface area contributed by atoms with Crippen molar-refractivity contribution < 1.29 is 9.18 Å². The fourth-order valence-corrected chi connectivity index (χ4v) is 2.38. The van der Waals surface area contributed by atoms with Crippen LogP contribution in [0.15, 0.2) is 65.5 Å². The molecule has 0 saturated heterocycles. The van der Waals surface area contributed by atoms with Gasteiger partial charge in [-0.05, 0) is 29.8 Å². The zero-order valence-electron chi connectivity index (χ0n) is 12.9. The van der Waals surface area contributed by atoms with Crippen molar-refractivity contribution in [2.45, 2.75) is 6.54 Å². The molecule has 0 saturated carbocycles. The van der Waals surface area contributed by atoms with E-state index in [0.717, 1.165) is 11.6 Å². The third kappa shape index (κ3) is 4.10. The van der Waals surface area contributed by atoms with E-state index in [1.807, 2.05) is 30.3 Å². The summed E-state index contributed by atoms with van der Waals surface area (Å²) in [6.45, 7) is 0.232. The lowest BCUT2D eigenvalue weighted by atomic mass is 10.2. The van der Waals surface area contributed by atoms with Crippen molar-refractivity contribution >= 4 is 23.2 Å². The SMILES string of the molecule is O=C(Nc1ccc(Cl)cc1F)c1ccc(=O)n(Cc2ccccc2)n1. The van der Waals surface area contributed by atoms with Gasteiger partial charge in [0.25, 0.3) is 11.5 Å². The number of carbonyl (C=O) groups is 1. The smallest absolute Gasteiger partial charge is 0.276 e. The molecule has 0 spiro atoms. The molecule has 7 heteroatoms. The Hall–Kier alpha value is -2.99. The summed E-state index contributed by atoms with van der Waals surface area (Å²) in [4.78, 5) is 24.2. The molecule has 25 heavy (non-hydrogen) atoms. The predicted octanol–water partition coefficient (Wildman–Crippen LogP) is 3.34. The maximum atomic E-state index is 13.8.